The molecule has 5 rings (SSSR count). The first-order valence-electron chi connectivity index (χ1n) is 9.19. The van der Waals surface area contributed by atoms with Gasteiger partial charge in [0, 0.05) is 18.5 Å². The molecule has 2 aromatic carbocycles. The number of benzene rings is 2. The van der Waals surface area contributed by atoms with E-state index in [1.54, 1.807) is 18.2 Å². The average Bonchev–Trinajstić information content (AvgIpc) is 3.31. The number of ether oxygens (including phenoxy) is 1. The minimum atomic E-state index is -0.793. The van der Waals surface area contributed by atoms with Crippen LogP contribution >= 0.6 is 23.2 Å². The molecular formula is C20H14Cl2N4O4. The van der Waals surface area contributed by atoms with Gasteiger partial charge in [0.15, 0.2) is 5.75 Å². The fourth-order valence-electron chi connectivity index (χ4n) is 3.26. The summed E-state index contributed by atoms with van der Waals surface area (Å²) in [4.78, 5) is 29.8. The molecule has 1 aliphatic rings. The number of aromatic amines is 1. The number of hydrogen-bond acceptors (Lipinski definition) is 6. The number of hydrogen-bond donors (Lipinski definition) is 1. The summed E-state index contributed by atoms with van der Waals surface area (Å²) >= 11 is 12.8. The Bertz CT molecular complexity index is 1310. The Morgan fingerprint density at radius 2 is 2.00 bits per heavy atom. The van der Waals surface area contributed by atoms with Crippen molar-refractivity contribution >= 4 is 40.0 Å². The summed E-state index contributed by atoms with van der Waals surface area (Å²) in [5, 5.41) is 3.90. The lowest BCUT2D eigenvalue weighted by Crippen LogP contribution is -2.08. The van der Waals surface area contributed by atoms with E-state index in [0.29, 0.717) is 23.1 Å². The van der Waals surface area contributed by atoms with E-state index in [-0.39, 0.29) is 22.3 Å². The van der Waals surface area contributed by atoms with Crippen LogP contribution in [0.1, 0.15) is 35.1 Å². The Kier molecular flexibility index (Phi) is 4.60. The molecule has 152 valence electrons. The minimum Gasteiger partial charge on any atom is -0.454 e. The summed E-state index contributed by atoms with van der Waals surface area (Å²) < 4.78 is 12.5. The molecule has 2 heterocycles. The molecule has 0 unspecified atom stereocenters. The second-order valence-electron chi connectivity index (χ2n) is 7.07. The maximum absolute atomic E-state index is 12.2. The van der Waals surface area contributed by atoms with E-state index in [4.69, 9.17) is 27.9 Å². The summed E-state index contributed by atoms with van der Waals surface area (Å²) in [7, 11) is 0. The van der Waals surface area contributed by atoms with Gasteiger partial charge in [-0.2, -0.15) is 0 Å². The van der Waals surface area contributed by atoms with Gasteiger partial charge in [-0.15, -0.1) is 0 Å². The highest BCUT2D eigenvalue weighted by atomic mass is 35.5. The number of imidazole rings is 1. The summed E-state index contributed by atoms with van der Waals surface area (Å²) in [6.07, 6.45) is 4.09. The number of halogens is 2. The van der Waals surface area contributed by atoms with Crippen LogP contribution in [0.25, 0.3) is 11.0 Å². The van der Waals surface area contributed by atoms with Crippen molar-refractivity contribution in [2.24, 2.45) is 0 Å². The van der Waals surface area contributed by atoms with E-state index < -0.39 is 11.5 Å². The number of Topliss-reactive ketones (excluding diaryl/α,β-unsaturated/α-hetero) is 1. The number of rotatable bonds is 6. The lowest BCUT2D eigenvalue weighted by molar-refractivity contribution is 0.0980. The van der Waals surface area contributed by atoms with E-state index in [1.165, 1.54) is 0 Å². The van der Waals surface area contributed by atoms with Crippen LogP contribution in [0.5, 0.6) is 11.5 Å². The minimum absolute atomic E-state index is 0.0608. The molecule has 1 N–H and O–H groups in total. The van der Waals surface area contributed by atoms with Crippen LogP contribution in [0.2, 0.25) is 10.0 Å². The number of carbonyl (C=O) groups is 1. The first-order chi connectivity index (χ1) is 14.5. The normalized spacial score (nSPS) is 13.7. The topological polar surface area (TPSA) is 103 Å². The Hall–Kier alpha value is -3.10. The molecule has 1 fully saturated rings. The number of carbonyl (C=O) groups excluding carboxylic acids is 1. The second kappa shape index (κ2) is 7.30. The summed E-state index contributed by atoms with van der Waals surface area (Å²) in [6, 6.07) is 9.27. The predicted octanol–water partition coefficient (Wildman–Crippen LogP) is 4.57. The molecule has 0 aliphatic heterocycles. The SMILES string of the molecule is O=C(Cc1cc(Cl)c(Oc2ccc3ncn(C4CC4)c3c2)c(Cl)c1)c1noc(=O)[nH]1. The van der Waals surface area contributed by atoms with Gasteiger partial charge in [0.05, 0.1) is 27.4 Å². The van der Waals surface area contributed by atoms with Gasteiger partial charge in [-0.05, 0) is 42.7 Å². The van der Waals surface area contributed by atoms with Crippen LogP contribution in [0.3, 0.4) is 0 Å². The van der Waals surface area contributed by atoms with Crippen LogP contribution in [0.15, 0.2) is 46.0 Å². The first kappa shape index (κ1) is 18.9. The first-order valence-corrected chi connectivity index (χ1v) is 9.95. The second-order valence-corrected chi connectivity index (χ2v) is 7.88. The van der Waals surface area contributed by atoms with Gasteiger partial charge in [0.2, 0.25) is 11.6 Å². The lowest BCUT2D eigenvalue weighted by Gasteiger charge is -2.12. The van der Waals surface area contributed by atoms with Crippen LogP contribution in [0, 0.1) is 0 Å². The molecule has 0 spiro atoms. The predicted molar refractivity (Wildman–Crippen MR) is 110 cm³/mol. The van der Waals surface area contributed by atoms with Crippen molar-refractivity contribution in [3.05, 3.63) is 68.6 Å². The maximum atomic E-state index is 12.2. The van der Waals surface area contributed by atoms with Crippen molar-refractivity contribution in [1.29, 1.82) is 0 Å². The van der Waals surface area contributed by atoms with E-state index in [9.17, 15) is 9.59 Å². The number of aromatic nitrogens is 4. The zero-order valence-electron chi connectivity index (χ0n) is 15.4. The monoisotopic (exact) mass is 444 g/mol. The summed E-state index contributed by atoms with van der Waals surface area (Å²) in [6.45, 7) is 0. The molecular weight excluding hydrogens is 431 g/mol. The van der Waals surface area contributed by atoms with Gasteiger partial charge in [0.1, 0.15) is 5.75 Å². The third-order valence-corrected chi connectivity index (χ3v) is 5.40. The molecule has 0 amide bonds. The molecule has 10 heteroatoms. The molecule has 4 aromatic rings. The molecule has 1 saturated carbocycles. The van der Waals surface area contributed by atoms with Crippen molar-refractivity contribution in [3.63, 3.8) is 0 Å². The highest BCUT2D eigenvalue weighted by Gasteiger charge is 2.25. The largest absolute Gasteiger partial charge is 0.454 e. The molecule has 0 atom stereocenters. The van der Waals surface area contributed by atoms with Crippen LogP contribution in [-0.2, 0) is 6.42 Å². The van der Waals surface area contributed by atoms with Crippen molar-refractivity contribution in [2.75, 3.05) is 0 Å². The van der Waals surface area contributed by atoms with Gasteiger partial charge in [-0.1, -0.05) is 28.4 Å². The highest BCUT2D eigenvalue weighted by Crippen LogP contribution is 2.40. The van der Waals surface area contributed by atoms with Gasteiger partial charge < -0.3 is 9.30 Å². The molecule has 1 aliphatic carbocycles. The smallest absolute Gasteiger partial charge is 0.439 e. The van der Waals surface area contributed by atoms with E-state index >= 15 is 0 Å². The molecule has 0 bridgehead atoms. The fourth-order valence-corrected chi connectivity index (χ4v) is 3.87. The fraction of sp³-hybridized carbons (Fsp3) is 0.200. The highest BCUT2D eigenvalue weighted by molar-refractivity contribution is 6.37. The van der Waals surface area contributed by atoms with Crippen LogP contribution < -0.4 is 10.5 Å². The van der Waals surface area contributed by atoms with Crippen molar-refractivity contribution in [3.8, 4) is 11.5 Å². The number of nitrogens with one attached hydrogen (secondary N) is 1. The third kappa shape index (κ3) is 3.59. The zero-order chi connectivity index (χ0) is 20.8. The standard InChI is InChI=1S/C20H14Cl2N4O4/c21-13-5-10(7-17(27)19-24-20(28)30-25-19)6-14(22)18(13)29-12-3-4-15-16(8-12)26(9-23-15)11-1-2-11/h3-6,8-9,11H,1-2,7H2,(H,24,25,28). The number of nitrogens with zero attached hydrogens (tertiary/aromatic N) is 3. The Labute approximate surface area is 179 Å². The summed E-state index contributed by atoms with van der Waals surface area (Å²) in [5.74, 6) is -0.509. The van der Waals surface area contributed by atoms with Crippen LogP contribution in [-0.4, -0.2) is 25.5 Å². The van der Waals surface area contributed by atoms with Crippen molar-refractivity contribution < 1.29 is 14.1 Å². The quantitative estimate of drug-likeness (QED) is 0.436. The maximum Gasteiger partial charge on any atom is 0.439 e. The molecule has 0 saturated heterocycles. The molecule has 8 nitrogen and oxygen atoms in total. The van der Waals surface area contributed by atoms with Crippen LogP contribution in [0.4, 0.5) is 0 Å². The van der Waals surface area contributed by atoms with Gasteiger partial charge >= 0.3 is 5.76 Å². The van der Waals surface area contributed by atoms with E-state index in [2.05, 4.69) is 24.2 Å². The Balaban J connectivity index is 1.40. The molecule has 0 radical (unpaired) electrons. The van der Waals surface area contributed by atoms with E-state index in [0.717, 1.165) is 23.9 Å². The van der Waals surface area contributed by atoms with Gasteiger partial charge in [-0.3, -0.25) is 14.3 Å². The lowest BCUT2D eigenvalue weighted by atomic mass is 10.1. The third-order valence-electron chi connectivity index (χ3n) is 4.83. The zero-order valence-corrected chi connectivity index (χ0v) is 16.9. The Morgan fingerprint density at radius 3 is 2.67 bits per heavy atom. The molecule has 2 aromatic heterocycles. The van der Waals surface area contributed by atoms with Crippen molar-refractivity contribution in [1.82, 2.24) is 19.7 Å². The van der Waals surface area contributed by atoms with E-state index in [1.807, 2.05) is 18.5 Å². The average molecular weight is 445 g/mol. The van der Waals surface area contributed by atoms with Gasteiger partial charge in [0.25, 0.3) is 0 Å². The molecule has 30 heavy (non-hydrogen) atoms. The summed E-state index contributed by atoms with van der Waals surface area (Å²) in [5.41, 5.74) is 2.44. The Morgan fingerprint density at radius 1 is 1.23 bits per heavy atom. The van der Waals surface area contributed by atoms with Gasteiger partial charge in [-0.25, -0.2) is 9.78 Å². The number of H-pyrrole nitrogens is 1. The number of ketones is 1. The number of fused-ring (bicyclic) bond motifs is 1. The van der Waals surface area contributed by atoms with Crippen molar-refractivity contribution in [2.45, 2.75) is 25.3 Å².